The Bertz CT molecular complexity index is 582. The second kappa shape index (κ2) is 5.27. The Morgan fingerprint density at radius 2 is 2.06 bits per heavy atom. The van der Waals surface area contributed by atoms with Crippen LogP contribution in [-0.4, -0.2) is 22.2 Å². The van der Waals surface area contributed by atoms with E-state index in [1.807, 2.05) is 6.92 Å². The molecule has 1 N–H and O–H groups in total. The molecule has 0 atom stereocenters. The molecule has 0 saturated carbocycles. The average Bonchev–Trinajstić information content (AvgIpc) is 2.36. The maximum Gasteiger partial charge on any atom is 0.161 e. The van der Waals surface area contributed by atoms with Gasteiger partial charge in [0.2, 0.25) is 0 Å². The number of benzene rings is 1. The Labute approximate surface area is 123 Å². The van der Waals surface area contributed by atoms with Crippen LogP contribution in [0.1, 0.15) is 5.69 Å². The number of phenolic OH excluding ortho intramolecular Hbond substituents is 1. The van der Waals surface area contributed by atoms with Gasteiger partial charge < -0.3 is 9.84 Å². The molecule has 0 aliphatic carbocycles. The number of hydrogen-bond donors (Lipinski definition) is 1. The molecule has 6 heteroatoms. The number of halogens is 2. The van der Waals surface area contributed by atoms with Crippen molar-refractivity contribution >= 4 is 34.2 Å². The van der Waals surface area contributed by atoms with Crippen molar-refractivity contribution in [3.8, 4) is 22.9 Å². The highest BCUT2D eigenvalue weighted by molar-refractivity contribution is 14.1. The van der Waals surface area contributed by atoms with Gasteiger partial charge in [-0.2, -0.15) is 0 Å². The van der Waals surface area contributed by atoms with E-state index < -0.39 is 0 Å². The normalized spacial score (nSPS) is 10.4. The predicted molar refractivity (Wildman–Crippen MR) is 78.1 cm³/mol. The van der Waals surface area contributed by atoms with Crippen LogP contribution in [0.2, 0.25) is 5.15 Å². The van der Waals surface area contributed by atoms with Crippen LogP contribution in [0.4, 0.5) is 0 Å². The second-order valence-electron chi connectivity index (χ2n) is 3.62. The molecular formula is C12H10ClIN2O2. The van der Waals surface area contributed by atoms with E-state index >= 15 is 0 Å². The molecule has 0 aliphatic rings. The summed E-state index contributed by atoms with van der Waals surface area (Å²) in [5, 5.41) is 9.96. The Balaban J connectivity index is 2.55. The van der Waals surface area contributed by atoms with Gasteiger partial charge in [-0.3, -0.25) is 0 Å². The van der Waals surface area contributed by atoms with E-state index in [1.165, 1.54) is 7.11 Å². The zero-order chi connectivity index (χ0) is 13.3. The van der Waals surface area contributed by atoms with Crippen molar-refractivity contribution < 1.29 is 9.84 Å². The van der Waals surface area contributed by atoms with Gasteiger partial charge in [-0.25, -0.2) is 9.97 Å². The van der Waals surface area contributed by atoms with Crippen LogP contribution in [0.15, 0.2) is 18.2 Å². The first-order chi connectivity index (χ1) is 8.52. The largest absolute Gasteiger partial charge is 0.504 e. The first-order valence-electron chi connectivity index (χ1n) is 5.10. The minimum atomic E-state index is 0.0783. The molecule has 0 spiro atoms. The van der Waals surface area contributed by atoms with Crippen LogP contribution in [-0.2, 0) is 0 Å². The lowest BCUT2D eigenvalue weighted by atomic mass is 10.2. The first-order valence-corrected chi connectivity index (χ1v) is 6.55. The summed E-state index contributed by atoms with van der Waals surface area (Å²) in [5.74, 6) is 0.967. The number of aromatic nitrogens is 2. The highest BCUT2D eigenvalue weighted by atomic mass is 127. The number of aromatic hydroxyl groups is 1. The van der Waals surface area contributed by atoms with Crippen LogP contribution in [0.5, 0.6) is 11.5 Å². The summed E-state index contributed by atoms with van der Waals surface area (Å²) in [6, 6.07) is 4.93. The molecule has 0 radical (unpaired) electrons. The number of ether oxygens (including phenoxy) is 1. The number of hydrogen-bond acceptors (Lipinski definition) is 4. The average molecular weight is 377 g/mol. The van der Waals surface area contributed by atoms with Crippen LogP contribution >= 0.6 is 34.2 Å². The lowest BCUT2D eigenvalue weighted by molar-refractivity contribution is 0.373. The maximum absolute atomic E-state index is 9.54. The third kappa shape index (κ3) is 2.51. The molecule has 0 saturated heterocycles. The second-order valence-corrected chi connectivity index (χ2v) is 5.06. The zero-order valence-corrected chi connectivity index (χ0v) is 12.7. The smallest absolute Gasteiger partial charge is 0.161 e. The Hall–Kier alpha value is -1.08. The minimum Gasteiger partial charge on any atom is -0.504 e. The van der Waals surface area contributed by atoms with Crippen molar-refractivity contribution in [1.82, 2.24) is 9.97 Å². The number of phenols is 1. The summed E-state index contributed by atoms with van der Waals surface area (Å²) in [5.41, 5.74) is 1.56. The number of rotatable bonds is 2. The van der Waals surface area contributed by atoms with E-state index in [2.05, 4.69) is 32.6 Å². The summed E-state index contributed by atoms with van der Waals surface area (Å²) >= 11 is 8.14. The van der Waals surface area contributed by atoms with E-state index in [0.717, 1.165) is 14.8 Å². The monoisotopic (exact) mass is 376 g/mol. The number of methoxy groups -OCH3 is 1. The van der Waals surface area contributed by atoms with Gasteiger partial charge in [0.15, 0.2) is 17.3 Å². The van der Waals surface area contributed by atoms with Crippen molar-refractivity contribution in [2.24, 2.45) is 0 Å². The van der Waals surface area contributed by atoms with Crippen LogP contribution in [0, 0.1) is 10.5 Å². The fraction of sp³-hybridized carbons (Fsp3) is 0.167. The Kier molecular flexibility index (Phi) is 3.91. The molecule has 4 nitrogen and oxygen atoms in total. The molecule has 0 unspecified atom stereocenters. The highest BCUT2D eigenvalue weighted by Crippen LogP contribution is 2.31. The lowest BCUT2D eigenvalue weighted by Crippen LogP contribution is -1.97. The minimum absolute atomic E-state index is 0.0783. The molecule has 2 aromatic rings. The van der Waals surface area contributed by atoms with Crippen molar-refractivity contribution in [2.45, 2.75) is 6.92 Å². The molecule has 94 valence electrons. The Morgan fingerprint density at radius 1 is 1.33 bits per heavy atom. The van der Waals surface area contributed by atoms with Gasteiger partial charge in [0.05, 0.1) is 16.4 Å². The Morgan fingerprint density at radius 3 is 2.67 bits per heavy atom. The van der Waals surface area contributed by atoms with Crippen LogP contribution < -0.4 is 4.74 Å². The molecule has 2 rings (SSSR count). The van der Waals surface area contributed by atoms with Crippen molar-refractivity contribution in [3.05, 3.63) is 32.6 Å². The molecule has 1 aromatic heterocycles. The summed E-state index contributed by atoms with van der Waals surface area (Å²) in [4.78, 5) is 8.59. The molecule has 1 aromatic carbocycles. The highest BCUT2D eigenvalue weighted by Gasteiger charge is 2.11. The summed E-state index contributed by atoms with van der Waals surface area (Å²) in [6.07, 6.45) is 0. The van der Waals surface area contributed by atoms with Gasteiger partial charge in [0.25, 0.3) is 0 Å². The molecule has 1 heterocycles. The maximum atomic E-state index is 9.54. The quantitative estimate of drug-likeness (QED) is 0.644. The van der Waals surface area contributed by atoms with Gasteiger partial charge in [-0.05, 0) is 47.7 Å². The molecule has 0 aliphatic heterocycles. The van der Waals surface area contributed by atoms with E-state index in [1.54, 1.807) is 18.2 Å². The zero-order valence-electron chi connectivity index (χ0n) is 9.74. The van der Waals surface area contributed by atoms with E-state index in [9.17, 15) is 5.11 Å². The molecule has 18 heavy (non-hydrogen) atoms. The summed E-state index contributed by atoms with van der Waals surface area (Å²) in [6.45, 7) is 1.87. The van der Waals surface area contributed by atoms with Gasteiger partial charge in [-0.15, -0.1) is 0 Å². The first kappa shape index (κ1) is 13.4. The molecule has 0 fully saturated rings. The van der Waals surface area contributed by atoms with E-state index in [0.29, 0.717) is 16.7 Å². The third-order valence-corrected chi connectivity index (χ3v) is 4.30. The topological polar surface area (TPSA) is 55.2 Å². The fourth-order valence-corrected chi connectivity index (χ4v) is 1.93. The van der Waals surface area contributed by atoms with Gasteiger partial charge in [0, 0.05) is 5.56 Å². The fourth-order valence-electron chi connectivity index (χ4n) is 1.47. The van der Waals surface area contributed by atoms with Crippen LogP contribution in [0.25, 0.3) is 11.4 Å². The number of aryl methyl sites for hydroxylation is 1. The van der Waals surface area contributed by atoms with Crippen molar-refractivity contribution in [3.63, 3.8) is 0 Å². The van der Waals surface area contributed by atoms with E-state index in [4.69, 9.17) is 16.3 Å². The van der Waals surface area contributed by atoms with Crippen LogP contribution in [0.3, 0.4) is 0 Å². The van der Waals surface area contributed by atoms with Gasteiger partial charge in [0.1, 0.15) is 5.15 Å². The number of nitrogens with zero attached hydrogens (tertiary/aromatic N) is 2. The standard InChI is InChI=1S/C12H10ClIN2O2/c1-6-10(14)11(13)16-12(15-6)7-3-4-8(17)9(5-7)18-2/h3-5,17H,1-2H3. The van der Waals surface area contributed by atoms with Gasteiger partial charge in [-0.1, -0.05) is 11.6 Å². The summed E-state index contributed by atoms with van der Waals surface area (Å²) < 4.78 is 5.89. The van der Waals surface area contributed by atoms with Crippen molar-refractivity contribution in [1.29, 1.82) is 0 Å². The van der Waals surface area contributed by atoms with Gasteiger partial charge >= 0.3 is 0 Å². The molecule has 0 amide bonds. The summed E-state index contributed by atoms with van der Waals surface area (Å²) in [7, 11) is 1.49. The van der Waals surface area contributed by atoms with E-state index in [-0.39, 0.29) is 5.75 Å². The lowest BCUT2D eigenvalue weighted by Gasteiger charge is -2.07. The SMILES string of the molecule is COc1cc(-c2nc(C)c(I)c(Cl)n2)ccc1O. The molecule has 0 bridgehead atoms. The predicted octanol–water partition coefficient (Wildman–Crippen LogP) is 3.42. The third-order valence-electron chi connectivity index (χ3n) is 2.41. The molecular weight excluding hydrogens is 367 g/mol. The van der Waals surface area contributed by atoms with Crippen molar-refractivity contribution in [2.75, 3.05) is 7.11 Å².